The zero-order valence-corrected chi connectivity index (χ0v) is 10.9. The van der Waals surface area contributed by atoms with E-state index in [-0.39, 0.29) is 6.03 Å². The second-order valence-electron chi connectivity index (χ2n) is 4.74. The largest absolute Gasteiger partial charge is 0.338 e. The van der Waals surface area contributed by atoms with Crippen molar-refractivity contribution < 1.29 is 4.79 Å². The fourth-order valence-electron chi connectivity index (χ4n) is 2.20. The van der Waals surface area contributed by atoms with Crippen LogP contribution in [0.15, 0.2) is 6.33 Å². The first-order valence-corrected chi connectivity index (χ1v) is 6.63. The maximum absolute atomic E-state index is 11.9. The van der Waals surface area contributed by atoms with E-state index in [9.17, 15) is 4.79 Å². The van der Waals surface area contributed by atoms with Gasteiger partial charge in [-0.2, -0.15) is 0 Å². The first-order chi connectivity index (χ1) is 8.77. The average Bonchev–Trinajstić information content (AvgIpc) is 2.64. The van der Waals surface area contributed by atoms with Crippen molar-refractivity contribution in [1.29, 1.82) is 0 Å². The molecule has 1 aliphatic rings. The third-order valence-corrected chi connectivity index (χ3v) is 3.32. The molecular formula is C12H21N5O. The van der Waals surface area contributed by atoms with Crippen molar-refractivity contribution in [2.24, 2.45) is 7.05 Å². The Morgan fingerprint density at radius 2 is 2.06 bits per heavy atom. The molecule has 100 valence electrons. The molecule has 0 aliphatic carbocycles. The van der Waals surface area contributed by atoms with Gasteiger partial charge >= 0.3 is 6.03 Å². The number of hydrogen-bond donors (Lipinski definition) is 1. The average molecular weight is 251 g/mol. The summed E-state index contributed by atoms with van der Waals surface area (Å²) in [6, 6.07) is 0.0547. The van der Waals surface area contributed by atoms with E-state index in [1.54, 1.807) is 6.33 Å². The topological polar surface area (TPSA) is 63.1 Å². The lowest BCUT2D eigenvalue weighted by Crippen LogP contribution is -2.41. The van der Waals surface area contributed by atoms with Gasteiger partial charge in [0.25, 0.3) is 0 Å². The van der Waals surface area contributed by atoms with Gasteiger partial charge in [0.1, 0.15) is 12.2 Å². The molecule has 1 saturated heterocycles. The minimum atomic E-state index is 0.0547. The summed E-state index contributed by atoms with van der Waals surface area (Å²) >= 11 is 0. The van der Waals surface area contributed by atoms with Crippen LogP contribution in [-0.2, 0) is 13.5 Å². The predicted molar refractivity (Wildman–Crippen MR) is 68.1 cm³/mol. The maximum atomic E-state index is 11.9. The van der Waals surface area contributed by atoms with Gasteiger partial charge in [-0.3, -0.25) is 0 Å². The maximum Gasteiger partial charge on any atom is 0.317 e. The molecule has 1 aliphatic heterocycles. The van der Waals surface area contributed by atoms with Crippen LogP contribution in [0.5, 0.6) is 0 Å². The SMILES string of the molecule is Cn1cnnc1CCNC(=O)N1CCCCCC1. The van der Waals surface area contributed by atoms with Crippen LogP contribution in [-0.4, -0.2) is 45.3 Å². The standard InChI is InChI=1S/C12H21N5O/c1-16-10-14-15-11(16)6-7-13-12(18)17-8-4-2-3-5-9-17/h10H,2-9H2,1H3,(H,13,18). The van der Waals surface area contributed by atoms with Crippen LogP contribution in [0.1, 0.15) is 31.5 Å². The Morgan fingerprint density at radius 1 is 1.33 bits per heavy atom. The molecule has 2 amide bonds. The second-order valence-corrected chi connectivity index (χ2v) is 4.74. The summed E-state index contributed by atoms with van der Waals surface area (Å²) in [4.78, 5) is 13.9. The quantitative estimate of drug-likeness (QED) is 0.869. The molecule has 6 heteroatoms. The number of rotatable bonds is 3. The molecule has 0 radical (unpaired) electrons. The molecular weight excluding hydrogens is 230 g/mol. The van der Waals surface area contributed by atoms with Crippen LogP contribution in [0, 0.1) is 0 Å². The summed E-state index contributed by atoms with van der Waals surface area (Å²) in [5, 5.41) is 10.8. The first kappa shape index (κ1) is 12.9. The zero-order valence-electron chi connectivity index (χ0n) is 10.9. The predicted octanol–water partition coefficient (Wildman–Crippen LogP) is 0.943. The Morgan fingerprint density at radius 3 is 2.67 bits per heavy atom. The van der Waals surface area contributed by atoms with Gasteiger partial charge in [-0.15, -0.1) is 10.2 Å². The van der Waals surface area contributed by atoms with Gasteiger partial charge in [0.15, 0.2) is 0 Å². The Bertz CT molecular complexity index is 382. The molecule has 1 aromatic rings. The fraction of sp³-hybridized carbons (Fsp3) is 0.750. The molecule has 0 unspecified atom stereocenters. The third-order valence-electron chi connectivity index (χ3n) is 3.32. The number of aromatic nitrogens is 3. The van der Waals surface area contributed by atoms with E-state index >= 15 is 0 Å². The highest BCUT2D eigenvalue weighted by atomic mass is 16.2. The van der Waals surface area contributed by atoms with E-state index in [0.717, 1.165) is 38.2 Å². The summed E-state index contributed by atoms with van der Waals surface area (Å²) in [6.45, 7) is 2.38. The molecule has 1 aromatic heterocycles. The summed E-state index contributed by atoms with van der Waals surface area (Å²) in [7, 11) is 1.91. The summed E-state index contributed by atoms with van der Waals surface area (Å²) < 4.78 is 1.87. The number of nitrogens with zero attached hydrogens (tertiary/aromatic N) is 4. The number of nitrogens with one attached hydrogen (secondary N) is 1. The van der Waals surface area contributed by atoms with Crippen molar-refractivity contribution in [3.63, 3.8) is 0 Å². The van der Waals surface area contributed by atoms with Gasteiger partial charge < -0.3 is 14.8 Å². The fourth-order valence-corrected chi connectivity index (χ4v) is 2.20. The zero-order chi connectivity index (χ0) is 12.8. The van der Waals surface area contributed by atoms with Gasteiger partial charge in [0.05, 0.1) is 0 Å². The van der Waals surface area contributed by atoms with E-state index in [4.69, 9.17) is 0 Å². The van der Waals surface area contributed by atoms with E-state index in [0.29, 0.717) is 6.54 Å². The number of carbonyl (C=O) groups excluding carboxylic acids is 1. The summed E-state index contributed by atoms with van der Waals surface area (Å²) in [5.41, 5.74) is 0. The van der Waals surface area contributed by atoms with Crippen molar-refractivity contribution in [2.75, 3.05) is 19.6 Å². The molecule has 2 heterocycles. The van der Waals surface area contributed by atoms with Crippen molar-refractivity contribution in [3.8, 4) is 0 Å². The van der Waals surface area contributed by atoms with Crippen LogP contribution >= 0.6 is 0 Å². The lowest BCUT2D eigenvalue weighted by molar-refractivity contribution is 0.200. The molecule has 0 saturated carbocycles. The van der Waals surface area contributed by atoms with Crippen LogP contribution in [0.2, 0.25) is 0 Å². The molecule has 6 nitrogen and oxygen atoms in total. The van der Waals surface area contributed by atoms with Gasteiger partial charge in [-0.05, 0) is 12.8 Å². The minimum Gasteiger partial charge on any atom is -0.338 e. The van der Waals surface area contributed by atoms with E-state index in [1.165, 1.54) is 12.8 Å². The van der Waals surface area contributed by atoms with E-state index in [1.807, 2.05) is 16.5 Å². The first-order valence-electron chi connectivity index (χ1n) is 6.63. The highest BCUT2D eigenvalue weighted by Gasteiger charge is 2.14. The number of aryl methyl sites for hydroxylation is 1. The molecule has 1 N–H and O–H groups in total. The van der Waals surface area contributed by atoms with Crippen LogP contribution in [0.4, 0.5) is 4.79 Å². The lowest BCUT2D eigenvalue weighted by atomic mass is 10.2. The van der Waals surface area contributed by atoms with Gasteiger partial charge in [-0.25, -0.2) is 4.79 Å². The Hall–Kier alpha value is -1.59. The monoisotopic (exact) mass is 251 g/mol. The normalized spacial score (nSPS) is 16.4. The number of likely N-dealkylation sites (tertiary alicyclic amines) is 1. The molecule has 1 fully saturated rings. The molecule has 0 spiro atoms. The highest BCUT2D eigenvalue weighted by Crippen LogP contribution is 2.09. The number of amides is 2. The van der Waals surface area contributed by atoms with E-state index < -0.39 is 0 Å². The molecule has 0 bridgehead atoms. The number of urea groups is 1. The molecule has 2 rings (SSSR count). The summed E-state index contributed by atoms with van der Waals surface area (Å²) in [5.74, 6) is 0.895. The van der Waals surface area contributed by atoms with Crippen molar-refractivity contribution in [3.05, 3.63) is 12.2 Å². The van der Waals surface area contributed by atoms with Gasteiger partial charge in [0.2, 0.25) is 0 Å². The second kappa shape index (κ2) is 6.37. The third kappa shape index (κ3) is 3.45. The van der Waals surface area contributed by atoms with Gasteiger partial charge in [-0.1, -0.05) is 12.8 Å². The summed E-state index contributed by atoms with van der Waals surface area (Å²) in [6.07, 6.45) is 7.11. The molecule has 18 heavy (non-hydrogen) atoms. The Balaban J connectivity index is 1.72. The Labute approximate surface area is 107 Å². The molecule has 0 atom stereocenters. The van der Waals surface area contributed by atoms with Crippen molar-refractivity contribution in [1.82, 2.24) is 25.0 Å². The number of hydrogen-bond acceptors (Lipinski definition) is 3. The highest BCUT2D eigenvalue weighted by molar-refractivity contribution is 5.74. The van der Waals surface area contributed by atoms with Crippen LogP contribution in [0.3, 0.4) is 0 Å². The number of carbonyl (C=O) groups is 1. The van der Waals surface area contributed by atoms with Crippen molar-refractivity contribution in [2.45, 2.75) is 32.1 Å². The minimum absolute atomic E-state index is 0.0547. The Kier molecular flexibility index (Phi) is 4.55. The van der Waals surface area contributed by atoms with Crippen LogP contribution < -0.4 is 5.32 Å². The molecule has 0 aromatic carbocycles. The van der Waals surface area contributed by atoms with E-state index in [2.05, 4.69) is 15.5 Å². The van der Waals surface area contributed by atoms with Crippen molar-refractivity contribution >= 4 is 6.03 Å². The lowest BCUT2D eigenvalue weighted by Gasteiger charge is -2.20. The van der Waals surface area contributed by atoms with Crippen LogP contribution in [0.25, 0.3) is 0 Å². The van der Waals surface area contributed by atoms with Gasteiger partial charge in [0, 0.05) is 33.1 Å². The smallest absolute Gasteiger partial charge is 0.317 e.